The van der Waals surface area contributed by atoms with Gasteiger partial charge in [-0.3, -0.25) is 0 Å². The molecule has 0 saturated carbocycles. The number of ether oxygens (including phenoxy) is 1. The molecule has 0 spiro atoms. The fourth-order valence-electron chi connectivity index (χ4n) is 1.60. The maximum Gasteiger partial charge on any atom is 0.137 e. The average Bonchev–Trinajstić information content (AvgIpc) is 2.29. The third-order valence-electron chi connectivity index (χ3n) is 2.42. The minimum atomic E-state index is -0.263. The summed E-state index contributed by atoms with van der Waals surface area (Å²) in [6, 6.07) is 12.7. The summed E-state index contributed by atoms with van der Waals surface area (Å²) >= 11 is 3.31. The lowest BCUT2D eigenvalue weighted by atomic mass is 10.2. The van der Waals surface area contributed by atoms with Gasteiger partial charge < -0.3 is 4.74 Å². The van der Waals surface area contributed by atoms with E-state index < -0.39 is 0 Å². The third-order valence-corrected chi connectivity index (χ3v) is 3.01. The molecule has 0 unspecified atom stereocenters. The van der Waals surface area contributed by atoms with Crippen molar-refractivity contribution in [2.45, 2.75) is 13.5 Å². The van der Waals surface area contributed by atoms with Crippen LogP contribution in [0.5, 0.6) is 5.75 Å². The standard InChI is InChI=1S/C14H12BrFO/c1-10-7-12(16)8-13(15)14(10)17-9-11-5-3-2-4-6-11/h2-8H,9H2,1H3. The van der Waals surface area contributed by atoms with Crippen LogP contribution in [0.2, 0.25) is 0 Å². The van der Waals surface area contributed by atoms with Gasteiger partial charge in [0.1, 0.15) is 18.2 Å². The molecule has 0 radical (unpaired) electrons. The maximum absolute atomic E-state index is 13.1. The smallest absolute Gasteiger partial charge is 0.137 e. The third kappa shape index (κ3) is 3.07. The van der Waals surface area contributed by atoms with Gasteiger partial charge in [-0.1, -0.05) is 30.3 Å². The molecule has 0 N–H and O–H groups in total. The van der Waals surface area contributed by atoms with Gasteiger partial charge in [0.25, 0.3) is 0 Å². The highest BCUT2D eigenvalue weighted by Gasteiger charge is 2.07. The van der Waals surface area contributed by atoms with E-state index in [-0.39, 0.29) is 5.82 Å². The first kappa shape index (κ1) is 12.1. The van der Waals surface area contributed by atoms with Crippen molar-refractivity contribution >= 4 is 15.9 Å². The number of halogens is 2. The van der Waals surface area contributed by atoms with Gasteiger partial charge >= 0.3 is 0 Å². The molecule has 2 aromatic carbocycles. The average molecular weight is 295 g/mol. The normalized spacial score (nSPS) is 10.3. The highest BCUT2D eigenvalue weighted by Crippen LogP contribution is 2.30. The summed E-state index contributed by atoms with van der Waals surface area (Å²) in [6.07, 6.45) is 0. The zero-order valence-electron chi connectivity index (χ0n) is 9.41. The van der Waals surface area contributed by atoms with Gasteiger partial charge in [-0.05, 0) is 46.1 Å². The summed E-state index contributed by atoms with van der Waals surface area (Å²) in [5, 5.41) is 0. The predicted molar refractivity (Wildman–Crippen MR) is 69.6 cm³/mol. The van der Waals surface area contributed by atoms with E-state index in [0.29, 0.717) is 16.8 Å². The van der Waals surface area contributed by atoms with Gasteiger partial charge in [0.05, 0.1) is 4.47 Å². The minimum absolute atomic E-state index is 0.263. The van der Waals surface area contributed by atoms with E-state index in [2.05, 4.69) is 15.9 Å². The Bertz CT molecular complexity index is 488. The van der Waals surface area contributed by atoms with Crippen LogP contribution in [-0.2, 0) is 6.61 Å². The maximum atomic E-state index is 13.1. The second-order valence-corrected chi connectivity index (χ2v) is 4.66. The Morgan fingerprint density at radius 2 is 1.88 bits per heavy atom. The molecule has 0 bridgehead atoms. The number of hydrogen-bond acceptors (Lipinski definition) is 1. The molecule has 2 aromatic rings. The second kappa shape index (κ2) is 5.32. The summed E-state index contributed by atoms with van der Waals surface area (Å²) in [4.78, 5) is 0. The zero-order chi connectivity index (χ0) is 12.3. The Labute approximate surface area is 108 Å². The first-order valence-electron chi connectivity index (χ1n) is 5.29. The first-order valence-corrected chi connectivity index (χ1v) is 6.08. The summed E-state index contributed by atoms with van der Waals surface area (Å²) in [5.41, 5.74) is 1.87. The topological polar surface area (TPSA) is 9.23 Å². The molecule has 0 aliphatic heterocycles. The Morgan fingerprint density at radius 1 is 1.18 bits per heavy atom. The Morgan fingerprint density at radius 3 is 2.53 bits per heavy atom. The number of rotatable bonds is 3. The monoisotopic (exact) mass is 294 g/mol. The van der Waals surface area contributed by atoms with Gasteiger partial charge in [0.2, 0.25) is 0 Å². The molecule has 0 fully saturated rings. The van der Waals surface area contributed by atoms with Gasteiger partial charge in [0, 0.05) is 0 Å². The van der Waals surface area contributed by atoms with E-state index in [1.54, 1.807) is 0 Å². The lowest BCUT2D eigenvalue weighted by molar-refractivity contribution is 0.301. The number of aryl methyl sites for hydroxylation is 1. The fraction of sp³-hybridized carbons (Fsp3) is 0.143. The quantitative estimate of drug-likeness (QED) is 0.811. The molecule has 0 aliphatic carbocycles. The van der Waals surface area contributed by atoms with Crippen LogP contribution in [0, 0.1) is 12.7 Å². The van der Waals surface area contributed by atoms with Crippen molar-refractivity contribution in [3.63, 3.8) is 0 Å². The van der Waals surface area contributed by atoms with Crippen molar-refractivity contribution in [3.8, 4) is 5.75 Å². The second-order valence-electron chi connectivity index (χ2n) is 3.81. The Balaban J connectivity index is 2.15. The van der Waals surface area contributed by atoms with Crippen molar-refractivity contribution in [3.05, 3.63) is 63.9 Å². The van der Waals surface area contributed by atoms with Crippen LogP contribution in [0.3, 0.4) is 0 Å². The highest BCUT2D eigenvalue weighted by molar-refractivity contribution is 9.10. The molecule has 0 amide bonds. The number of hydrogen-bond donors (Lipinski definition) is 0. The first-order chi connectivity index (χ1) is 8.16. The molecule has 2 rings (SSSR count). The summed E-state index contributed by atoms with van der Waals surface area (Å²) in [7, 11) is 0. The van der Waals surface area contributed by atoms with Crippen molar-refractivity contribution in [1.29, 1.82) is 0 Å². The molecular weight excluding hydrogens is 283 g/mol. The molecule has 0 aliphatic rings. The van der Waals surface area contributed by atoms with Crippen LogP contribution >= 0.6 is 15.9 Å². The molecule has 3 heteroatoms. The van der Waals surface area contributed by atoms with Gasteiger partial charge in [-0.2, -0.15) is 0 Å². The van der Waals surface area contributed by atoms with Gasteiger partial charge in [0.15, 0.2) is 0 Å². The van der Waals surface area contributed by atoms with Crippen LogP contribution < -0.4 is 4.74 Å². The van der Waals surface area contributed by atoms with Gasteiger partial charge in [-0.15, -0.1) is 0 Å². The molecule has 0 saturated heterocycles. The van der Waals surface area contributed by atoms with Crippen LogP contribution in [0.25, 0.3) is 0 Å². The lowest BCUT2D eigenvalue weighted by Crippen LogP contribution is -1.98. The van der Waals surface area contributed by atoms with Crippen LogP contribution in [-0.4, -0.2) is 0 Å². The summed E-state index contributed by atoms with van der Waals surface area (Å²) in [6.45, 7) is 2.31. The summed E-state index contributed by atoms with van der Waals surface area (Å²) in [5.74, 6) is 0.427. The Hall–Kier alpha value is -1.35. The van der Waals surface area contributed by atoms with E-state index in [4.69, 9.17) is 4.74 Å². The van der Waals surface area contributed by atoms with E-state index in [1.165, 1.54) is 12.1 Å². The zero-order valence-corrected chi connectivity index (χ0v) is 11.0. The van der Waals surface area contributed by atoms with Crippen molar-refractivity contribution < 1.29 is 9.13 Å². The molecule has 0 atom stereocenters. The van der Waals surface area contributed by atoms with E-state index in [0.717, 1.165) is 11.1 Å². The molecule has 17 heavy (non-hydrogen) atoms. The predicted octanol–water partition coefficient (Wildman–Crippen LogP) is 4.48. The number of benzene rings is 2. The molecule has 88 valence electrons. The van der Waals surface area contributed by atoms with E-state index in [9.17, 15) is 4.39 Å². The van der Waals surface area contributed by atoms with E-state index >= 15 is 0 Å². The fourth-order valence-corrected chi connectivity index (χ4v) is 2.25. The van der Waals surface area contributed by atoms with Crippen molar-refractivity contribution in [1.82, 2.24) is 0 Å². The SMILES string of the molecule is Cc1cc(F)cc(Br)c1OCc1ccccc1. The lowest BCUT2D eigenvalue weighted by Gasteiger charge is -2.11. The Kier molecular flexibility index (Phi) is 3.79. The largest absolute Gasteiger partial charge is 0.487 e. The van der Waals surface area contributed by atoms with Crippen LogP contribution in [0.15, 0.2) is 46.9 Å². The highest BCUT2D eigenvalue weighted by atomic mass is 79.9. The van der Waals surface area contributed by atoms with Crippen LogP contribution in [0.1, 0.15) is 11.1 Å². The van der Waals surface area contributed by atoms with Crippen molar-refractivity contribution in [2.75, 3.05) is 0 Å². The van der Waals surface area contributed by atoms with Crippen molar-refractivity contribution in [2.24, 2.45) is 0 Å². The van der Waals surface area contributed by atoms with E-state index in [1.807, 2.05) is 37.3 Å². The molecule has 0 heterocycles. The molecular formula is C14H12BrFO. The summed E-state index contributed by atoms with van der Waals surface area (Å²) < 4.78 is 19.4. The molecule has 0 aromatic heterocycles. The van der Waals surface area contributed by atoms with Gasteiger partial charge in [-0.25, -0.2) is 4.39 Å². The molecule has 1 nitrogen and oxygen atoms in total. The minimum Gasteiger partial charge on any atom is -0.487 e. The van der Waals surface area contributed by atoms with Crippen LogP contribution in [0.4, 0.5) is 4.39 Å².